The van der Waals surface area contributed by atoms with Gasteiger partial charge in [0.2, 0.25) is 5.91 Å². The Morgan fingerprint density at radius 3 is 2.65 bits per heavy atom. The van der Waals surface area contributed by atoms with Crippen LogP contribution < -0.4 is 4.74 Å². The van der Waals surface area contributed by atoms with Crippen molar-refractivity contribution in [1.29, 1.82) is 0 Å². The monoisotopic (exact) mass is 335 g/mol. The predicted octanol–water partition coefficient (Wildman–Crippen LogP) is 2.80. The zero-order valence-electron chi connectivity index (χ0n) is 14.0. The van der Waals surface area contributed by atoms with E-state index in [1.165, 1.54) is 0 Å². The van der Waals surface area contributed by atoms with Crippen molar-refractivity contribution in [2.75, 3.05) is 19.4 Å². The van der Waals surface area contributed by atoms with E-state index in [0.717, 1.165) is 23.5 Å². The van der Waals surface area contributed by atoms with Crippen molar-refractivity contribution >= 4 is 17.7 Å². The molecule has 1 atom stereocenters. The van der Waals surface area contributed by atoms with Gasteiger partial charge in [-0.3, -0.25) is 4.79 Å². The number of hydrogen-bond acceptors (Lipinski definition) is 4. The molecule has 5 heteroatoms. The Morgan fingerprint density at radius 1 is 1.43 bits per heavy atom. The maximum Gasteiger partial charge on any atom is 0.229 e. The number of fused-ring (bicyclic) bond motifs is 1. The van der Waals surface area contributed by atoms with Gasteiger partial charge < -0.3 is 14.7 Å². The number of carbonyl (C=O) groups excluding carboxylic acids is 1. The number of amides is 1. The molecule has 2 aliphatic rings. The third-order valence-electron chi connectivity index (χ3n) is 4.90. The summed E-state index contributed by atoms with van der Waals surface area (Å²) in [6.07, 6.45) is 3.41. The Morgan fingerprint density at radius 2 is 2.09 bits per heavy atom. The molecule has 2 fully saturated rings. The summed E-state index contributed by atoms with van der Waals surface area (Å²) in [4.78, 5) is 15.5. The minimum Gasteiger partial charge on any atom is -0.490 e. The third kappa shape index (κ3) is 3.36. The summed E-state index contributed by atoms with van der Waals surface area (Å²) in [5, 5.41) is 10.3. The van der Waals surface area contributed by atoms with Gasteiger partial charge in [0.25, 0.3) is 0 Å². The highest BCUT2D eigenvalue weighted by Gasteiger charge is 2.75. The lowest BCUT2D eigenvalue weighted by Gasteiger charge is -2.30. The van der Waals surface area contributed by atoms with Crippen LogP contribution >= 0.6 is 11.8 Å². The Hall–Kier alpha value is -1.20. The van der Waals surface area contributed by atoms with Crippen LogP contribution in [0.15, 0.2) is 29.2 Å². The summed E-state index contributed by atoms with van der Waals surface area (Å²) in [6, 6.07) is 7.89. The van der Waals surface area contributed by atoms with Gasteiger partial charge >= 0.3 is 0 Å². The zero-order valence-corrected chi connectivity index (χ0v) is 14.8. The molecular formula is C18H25NO3S. The molecule has 1 aromatic rings. The molecule has 0 bridgehead atoms. The lowest BCUT2D eigenvalue weighted by atomic mass is 10.1. The number of benzene rings is 1. The fourth-order valence-corrected chi connectivity index (χ4v) is 3.61. The maximum absolute atomic E-state index is 12.6. The van der Waals surface area contributed by atoms with Gasteiger partial charge in [0.1, 0.15) is 18.5 Å². The van der Waals surface area contributed by atoms with E-state index in [9.17, 15) is 9.90 Å². The first-order chi connectivity index (χ1) is 11.0. The second-order valence-corrected chi connectivity index (χ2v) is 7.78. The molecule has 1 unspecified atom stereocenters. The highest BCUT2D eigenvalue weighted by atomic mass is 32.2. The van der Waals surface area contributed by atoms with Gasteiger partial charge in [-0.15, -0.1) is 11.8 Å². The van der Waals surface area contributed by atoms with Crippen molar-refractivity contribution in [3.8, 4) is 5.75 Å². The molecule has 2 saturated carbocycles. The Balaban J connectivity index is 1.55. The molecule has 1 aromatic carbocycles. The smallest absolute Gasteiger partial charge is 0.229 e. The van der Waals surface area contributed by atoms with Crippen LogP contribution in [0.2, 0.25) is 0 Å². The molecule has 1 amide bonds. The summed E-state index contributed by atoms with van der Waals surface area (Å²) in [6.45, 7) is 4.55. The first-order valence-electron chi connectivity index (χ1n) is 8.23. The average molecular weight is 335 g/mol. The molecule has 0 aliphatic heterocycles. The standard InChI is InChI=1S/C18H25NO3S/c1-12(2)19(17(21)18-8-13(18)9-18)10-14(20)11-22-15-6-4-5-7-16(15)23-3/h4-7,12-14,20H,8-11H2,1-3H3. The number of para-hydroxylation sites is 1. The molecule has 4 nitrogen and oxygen atoms in total. The maximum atomic E-state index is 12.6. The summed E-state index contributed by atoms with van der Waals surface area (Å²) < 4.78 is 5.75. The highest BCUT2D eigenvalue weighted by molar-refractivity contribution is 7.98. The van der Waals surface area contributed by atoms with E-state index in [-0.39, 0.29) is 24.0 Å². The normalized spacial score (nSPS) is 25.7. The van der Waals surface area contributed by atoms with Gasteiger partial charge in [0.15, 0.2) is 0 Å². The van der Waals surface area contributed by atoms with Crippen LogP contribution in [0.4, 0.5) is 0 Å². The molecular weight excluding hydrogens is 310 g/mol. The van der Waals surface area contributed by atoms with Crippen molar-refractivity contribution in [2.45, 2.75) is 43.7 Å². The molecule has 0 spiro atoms. The third-order valence-corrected chi connectivity index (χ3v) is 5.68. The van der Waals surface area contributed by atoms with E-state index in [0.29, 0.717) is 12.5 Å². The molecule has 23 heavy (non-hydrogen) atoms. The fraction of sp³-hybridized carbons (Fsp3) is 0.611. The highest BCUT2D eigenvalue weighted by Crippen LogP contribution is 2.76. The van der Waals surface area contributed by atoms with Crippen molar-refractivity contribution in [1.82, 2.24) is 4.90 Å². The molecule has 0 heterocycles. The van der Waals surface area contributed by atoms with Crippen molar-refractivity contribution in [2.24, 2.45) is 11.3 Å². The lowest BCUT2D eigenvalue weighted by molar-refractivity contribution is -0.138. The van der Waals surface area contributed by atoms with E-state index >= 15 is 0 Å². The van der Waals surface area contributed by atoms with Crippen molar-refractivity contribution < 1.29 is 14.6 Å². The number of ether oxygens (including phenoxy) is 1. The Bertz CT molecular complexity index is 583. The summed E-state index contributed by atoms with van der Waals surface area (Å²) in [7, 11) is 0. The lowest BCUT2D eigenvalue weighted by Crippen LogP contribution is -2.45. The van der Waals surface area contributed by atoms with Crippen LogP contribution in [0.3, 0.4) is 0 Å². The molecule has 0 radical (unpaired) electrons. The fourth-order valence-electron chi connectivity index (χ4n) is 3.07. The molecule has 0 saturated heterocycles. The summed E-state index contributed by atoms with van der Waals surface area (Å²) >= 11 is 1.62. The molecule has 2 aliphatic carbocycles. The Kier molecular flexibility index (Phi) is 4.61. The van der Waals surface area contributed by atoms with Crippen molar-refractivity contribution in [3.63, 3.8) is 0 Å². The molecule has 126 valence electrons. The van der Waals surface area contributed by atoms with Crippen LogP contribution in [0.5, 0.6) is 5.75 Å². The number of hydrogen-bond donors (Lipinski definition) is 1. The largest absolute Gasteiger partial charge is 0.490 e. The quantitative estimate of drug-likeness (QED) is 0.742. The second-order valence-electron chi connectivity index (χ2n) is 6.93. The number of aliphatic hydroxyl groups excluding tert-OH is 1. The minimum absolute atomic E-state index is 0.0453. The first kappa shape index (κ1) is 16.7. The number of nitrogens with zero attached hydrogens (tertiary/aromatic N) is 1. The summed E-state index contributed by atoms with van der Waals surface area (Å²) in [5.41, 5.74) is -0.0453. The van der Waals surface area contributed by atoms with Crippen LogP contribution in [-0.4, -0.2) is 47.5 Å². The average Bonchev–Trinajstić information content (AvgIpc) is 3.39. The molecule has 3 rings (SSSR count). The van der Waals surface area contributed by atoms with Gasteiger partial charge in [0, 0.05) is 10.9 Å². The number of thioether (sulfide) groups is 1. The van der Waals surface area contributed by atoms with E-state index in [1.807, 2.05) is 49.3 Å². The van der Waals surface area contributed by atoms with Crippen LogP contribution in [0, 0.1) is 11.3 Å². The number of rotatable bonds is 8. The van der Waals surface area contributed by atoms with E-state index < -0.39 is 6.10 Å². The second kappa shape index (κ2) is 6.36. The topological polar surface area (TPSA) is 49.8 Å². The Labute approximate surface area is 142 Å². The zero-order chi connectivity index (χ0) is 16.6. The number of carbonyl (C=O) groups is 1. The van der Waals surface area contributed by atoms with Crippen LogP contribution in [0.1, 0.15) is 26.7 Å². The van der Waals surface area contributed by atoms with Gasteiger partial charge in [-0.2, -0.15) is 0 Å². The number of aliphatic hydroxyl groups is 1. The van der Waals surface area contributed by atoms with Gasteiger partial charge in [-0.05, 0) is 51.0 Å². The van der Waals surface area contributed by atoms with Crippen LogP contribution in [0.25, 0.3) is 0 Å². The van der Waals surface area contributed by atoms with E-state index in [4.69, 9.17) is 4.74 Å². The van der Waals surface area contributed by atoms with Crippen LogP contribution in [-0.2, 0) is 4.79 Å². The van der Waals surface area contributed by atoms with E-state index in [2.05, 4.69) is 0 Å². The molecule has 0 aromatic heterocycles. The SMILES string of the molecule is CSc1ccccc1OCC(O)CN(C(=O)C12CC1C2)C(C)C. The summed E-state index contributed by atoms with van der Waals surface area (Å²) in [5.74, 6) is 1.63. The minimum atomic E-state index is -0.677. The van der Waals surface area contributed by atoms with E-state index in [1.54, 1.807) is 11.8 Å². The first-order valence-corrected chi connectivity index (χ1v) is 9.45. The predicted molar refractivity (Wildman–Crippen MR) is 91.7 cm³/mol. The van der Waals surface area contributed by atoms with Gasteiger partial charge in [-0.1, -0.05) is 12.1 Å². The van der Waals surface area contributed by atoms with Gasteiger partial charge in [-0.25, -0.2) is 0 Å². The van der Waals surface area contributed by atoms with Crippen molar-refractivity contribution in [3.05, 3.63) is 24.3 Å². The van der Waals surface area contributed by atoms with Gasteiger partial charge in [0.05, 0.1) is 12.0 Å². The molecule has 1 N–H and O–H groups in total.